The molecule has 0 spiro atoms. The van der Waals surface area contributed by atoms with Crippen LogP contribution >= 0.6 is 0 Å². The first-order chi connectivity index (χ1) is 28.9. The third kappa shape index (κ3) is 15.6. The van der Waals surface area contributed by atoms with E-state index in [4.69, 9.17) is 40.6 Å². The Bertz CT molecular complexity index is 1570. The van der Waals surface area contributed by atoms with Crippen LogP contribution in [0.3, 0.4) is 0 Å². The second kappa shape index (κ2) is 24.8. The minimum Gasteiger partial charge on any atom is -0.480 e. The van der Waals surface area contributed by atoms with Crippen molar-refractivity contribution in [1.29, 1.82) is 0 Å². The maximum atomic E-state index is 13.4. The third-order valence-corrected chi connectivity index (χ3v) is 9.90. The van der Waals surface area contributed by atoms with Crippen molar-refractivity contribution in [3.8, 4) is 0 Å². The van der Waals surface area contributed by atoms with Crippen molar-refractivity contribution in [3.63, 3.8) is 0 Å². The van der Waals surface area contributed by atoms with Gasteiger partial charge in [0.15, 0.2) is 12.6 Å². The maximum absolute atomic E-state index is 13.4. The molecule has 354 valence electrons. The molecule has 2 aliphatic heterocycles. The molecule has 5 amide bonds. The molecule has 0 saturated carbocycles. The number of carbonyl (C=O) groups excluding carboxylic acids is 5. The van der Waals surface area contributed by atoms with E-state index in [1.54, 1.807) is 0 Å². The second-order valence-electron chi connectivity index (χ2n) is 14.8. The van der Waals surface area contributed by atoms with Gasteiger partial charge in [0, 0.05) is 13.3 Å². The average molecular weight is 898 g/mol. The van der Waals surface area contributed by atoms with Gasteiger partial charge < -0.3 is 97.9 Å². The number of amides is 5. The van der Waals surface area contributed by atoms with Crippen LogP contribution in [0.5, 0.6) is 0 Å². The summed E-state index contributed by atoms with van der Waals surface area (Å²) in [5.74, 6) is -8.84. The number of carboxylic acids is 3. The average Bonchev–Trinajstić information content (AvgIpc) is 3.20. The van der Waals surface area contributed by atoms with Crippen LogP contribution in [-0.2, 0) is 57.3 Å². The van der Waals surface area contributed by atoms with Gasteiger partial charge >= 0.3 is 17.9 Å². The minimum absolute atomic E-state index is 0.0194. The Morgan fingerprint density at radius 2 is 1.31 bits per heavy atom. The van der Waals surface area contributed by atoms with E-state index in [1.165, 1.54) is 13.8 Å². The van der Waals surface area contributed by atoms with E-state index in [1.807, 2.05) is 0 Å². The number of carboxylic acid groups (broad SMARTS) is 3. The number of rotatable bonds is 24. The Balaban J connectivity index is 2.15. The zero-order valence-corrected chi connectivity index (χ0v) is 34.3. The topological polar surface area (TPSA) is 448 Å². The molecule has 2 saturated heterocycles. The van der Waals surface area contributed by atoms with E-state index in [0.29, 0.717) is 0 Å². The SMILES string of the molecule is CC(=O)NC1C(O)OC(CO)C(OC2OC(CO)C(O)C(O)C2N)C1OC(C)C(=O)NC(C)C(=O)NC(CCC(=O)NC(CCCC(N)C(=O)O)C(=O)NC(C)C(=O)O)C(=O)O. The van der Waals surface area contributed by atoms with E-state index >= 15 is 0 Å². The van der Waals surface area contributed by atoms with Crippen molar-refractivity contribution in [3.05, 3.63) is 0 Å². The summed E-state index contributed by atoms with van der Waals surface area (Å²) in [6.07, 6.45) is -15.7. The lowest BCUT2D eigenvalue weighted by molar-refractivity contribution is -0.331. The highest BCUT2D eigenvalue weighted by atomic mass is 16.7. The lowest BCUT2D eigenvalue weighted by Gasteiger charge is -2.48. The highest BCUT2D eigenvalue weighted by Gasteiger charge is 2.52. The summed E-state index contributed by atoms with van der Waals surface area (Å²) in [6, 6.07) is -10.1. The molecule has 62 heavy (non-hydrogen) atoms. The Labute approximate surface area is 354 Å². The molecule has 0 aromatic carbocycles. The normalized spacial score (nSPS) is 29.0. The first kappa shape index (κ1) is 53.5. The minimum atomic E-state index is -1.86. The van der Waals surface area contributed by atoms with Crippen LogP contribution in [0, 0.1) is 0 Å². The van der Waals surface area contributed by atoms with Crippen molar-refractivity contribution in [2.45, 2.75) is 157 Å². The monoisotopic (exact) mass is 897 g/mol. The molecule has 2 heterocycles. The van der Waals surface area contributed by atoms with Crippen molar-refractivity contribution >= 4 is 47.4 Å². The molecule has 0 radical (unpaired) electrons. The van der Waals surface area contributed by atoms with Crippen molar-refractivity contribution in [1.82, 2.24) is 26.6 Å². The van der Waals surface area contributed by atoms with Crippen LogP contribution in [0.2, 0.25) is 0 Å². The van der Waals surface area contributed by atoms with Gasteiger partial charge in [-0.3, -0.25) is 33.6 Å². The molecule has 27 heteroatoms. The molecule has 2 aliphatic rings. The standard InChI is InChI=1S/C35H59N7O20/c1-12(28(49)42-18(33(56)57)8-9-21(46)41-17(7-5-6-16(36)32(54)55)30(51)39-13(2)31(52)53)38-29(50)14(3)59-27-23(40-15(4)45)34(58)60-20(11-44)26(27)62-35-22(37)25(48)24(47)19(10-43)61-35/h12-14,16-20,22-27,34-35,43-44,47-48,58H,5-11,36-37H2,1-4H3,(H,38,50)(H,39,51)(H,40,45)(H,41,46)(H,42,49)(H,52,53)(H,54,55)(H,56,57). The van der Waals surface area contributed by atoms with E-state index in [2.05, 4.69) is 26.6 Å². The number of aliphatic hydroxyl groups is 5. The molecule has 17 N–H and O–H groups in total. The molecular formula is C35H59N7O20. The highest BCUT2D eigenvalue weighted by Crippen LogP contribution is 2.30. The quantitative estimate of drug-likeness (QED) is 0.0428. The van der Waals surface area contributed by atoms with Gasteiger partial charge in [-0.25, -0.2) is 4.79 Å². The van der Waals surface area contributed by atoms with Crippen molar-refractivity contribution in [2.75, 3.05) is 13.2 Å². The zero-order valence-electron chi connectivity index (χ0n) is 34.3. The highest BCUT2D eigenvalue weighted by molar-refractivity contribution is 5.92. The molecule has 16 atom stereocenters. The van der Waals surface area contributed by atoms with Gasteiger partial charge in [-0.1, -0.05) is 0 Å². The summed E-state index contributed by atoms with van der Waals surface area (Å²) in [7, 11) is 0. The lowest BCUT2D eigenvalue weighted by Crippen LogP contribution is -2.69. The van der Waals surface area contributed by atoms with Crippen molar-refractivity contribution < 1.29 is 98.2 Å². The van der Waals surface area contributed by atoms with Gasteiger partial charge in [-0.05, 0) is 46.5 Å². The van der Waals surface area contributed by atoms with Gasteiger partial charge in [-0.15, -0.1) is 0 Å². The smallest absolute Gasteiger partial charge is 0.326 e. The summed E-state index contributed by atoms with van der Waals surface area (Å²) in [4.78, 5) is 98.5. The van der Waals surface area contributed by atoms with Crippen LogP contribution in [-0.4, -0.2) is 199 Å². The third-order valence-electron chi connectivity index (χ3n) is 9.90. The molecule has 16 unspecified atom stereocenters. The summed E-state index contributed by atoms with van der Waals surface area (Å²) in [5, 5.41) is 90.5. The summed E-state index contributed by atoms with van der Waals surface area (Å²) < 4.78 is 22.8. The Kier molecular flexibility index (Phi) is 21.4. The van der Waals surface area contributed by atoms with E-state index in [-0.39, 0.29) is 19.3 Å². The fourth-order valence-corrected chi connectivity index (χ4v) is 6.26. The number of hydrogen-bond acceptors (Lipinski definition) is 19. The molecule has 27 nitrogen and oxygen atoms in total. The lowest BCUT2D eigenvalue weighted by atomic mass is 9.94. The number of aliphatic carboxylic acids is 3. The number of nitrogens with one attached hydrogen (secondary N) is 5. The number of hydrogen-bond donors (Lipinski definition) is 15. The van der Waals surface area contributed by atoms with Gasteiger partial charge in [0.1, 0.15) is 79.0 Å². The first-order valence-corrected chi connectivity index (χ1v) is 19.5. The van der Waals surface area contributed by atoms with Gasteiger partial charge in [-0.2, -0.15) is 0 Å². The Morgan fingerprint density at radius 3 is 1.85 bits per heavy atom. The van der Waals surface area contributed by atoms with Crippen LogP contribution in [0.25, 0.3) is 0 Å². The predicted molar refractivity (Wildman–Crippen MR) is 204 cm³/mol. The Hall–Kier alpha value is -4.68. The fourth-order valence-electron chi connectivity index (χ4n) is 6.26. The molecule has 0 aliphatic carbocycles. The number of aliphatic hydroxyl groups excluding tert-OH is 5. The summed E-state index contributed by atoms with van der Waals surface area (Å²) in [6.45, 7) is 2.99. The predicted octanol–water partition coefficient (Wildman–Crippen LogP) is -7.36. The van der Waals surface area contributed by atoms with E-state index in [9.17, 15) is 69.0 Å². The summed E-state index contributed by atoms with van der Waals surface area (Å²) >= 11 is 0. The number of ether oxygens (including phenoxy) is 4. The number of carbonyl (C=O) groups is 8. The first-order valence-electron chi connectivity index (χ1n) is 19.5. The van der Waals surface area contributed by atoms with Crippen LogP contribution in [0.1, 0.15) is 59.8 Å². The van der Waals surface area contributed by atoms with Crippen LogP contribution in [0.4, 0.5) is 0 Å². The Morgan fingerprint density at radius 1 is 0.694 bits per heavy atom. The zero-order chi connectivity index (χ0) is 47.2. The van der Waals surface area contributed by atoms with Crippen LogP contribution in [0.15, 0.2) is 0 Å². The summed E-state index contributed by atoms with van der Waals surface area (Å²) in [5.41, 5.74) is 11.5. The van der Waals surface area contributed by atoms with Gasteiger partial charge in [0.2, 0.25) is 29.5 Å². The molecular weight excluding hydrogens is 838 g/mol. The van der Waals surface area contributed by atoms with E-state index in [0.717, 1.165) is 13.8 Å². The molecule has 0 bridgehead atoms. The van der Waals surface area contributed by atoms with Gasteiger partial charge in [0.05, 0.1) is 19.3 Å². The van der Waals surface area contributed by atoms with Gasteiger partial charge in [0.25, 0.3) is 0 Å². The van der Waals surface area contributed by atoms with Crippen LogP contribution < -0.4 is 38.1 Å². The molecule has 0 aromatic rings. The maximum Gasteiger partial charge on any atom is 0.326 e. The molecule has 2 rings (SSSR count). The fraction of sp³-hybridized carbons (Fsp3) is 0.771. The number of nitrogens with two attached hydrogens (primary N) is 2. The second-order valence-corrected chi connectivity index (χ2v) is 14.8. The largest absolute Gasteiger partial charge is 0.480 e. The molecule has 2 fully saturated rings. The molecule has 0 aromatic heterocycles. The van der Waals surface area contributed by atoms with E-state index < -0.39 is 171 Å². The van der Waals surface area contributed by atoms with Crippen molar-refractivity contribution in [2.24, 2.45) is 11.5 Å².